The second-order valence-electron chi connectivity index (χ2n) is 10.7. The van der Waals surface area contributed by atoms with Gasteiger partial charge < -0.3 is 15.0 Å². The molecular formula is C35H38ClN3O5S. The molecule has 1 N–H and O–H groups in total. The van der Waals surface area contributed by atoms with Crippen molar-refractivity contribution in [3.8, 4) is 5.75 Å². The van der Waals surface area contributed by atoms with Gasteiger partial charge in [-0.1, -0.05) is 79.2 Å². The molecule has 2 atom stereocenters. The van der Waals surface area contributed by atoms with Crippen LogP contribution in [-0.4, -0.2) is 50.9 Å². The molecule has 2 amide bonds. The first-order valence-electron chi connectivity index (χ1n) is 14.7. The lowest BCUT2D eigenvalue weighted by atomic mass is 10.0. The van der Waals surface area contributed by atoms with E-state index in [1.165, 1.54) is 17.0 Å². The number of halogens is 1. The average Bonchev–Trinajstić information content (AvgIpc) is 3.06. The lowest BCUT2D eigenvalue weighted by molar-refractivity contribution is -0.140. The summed E-state index contributed by atoms with van der Waals surface area (Å²) in [6.07, 6.45) is 0.929. The first-order valence-corrected chi connectivity index (χ1v) is 16.5. The van der Waals surface area contributed by atoms with Crippen LogP contribution in [0.3, 0.4) is 0 Å². The first kappa shape index (κ1) is 33.6. The Hall–Kier alpha value is -4.34. The van der Waals surface area contributed by atoms with Crippen molar-refractivity contribution in [2.75, 3.05) is 18.0 Å². The number of anilines is 1. The van der Waals surface area contributed by atoms with E-state index >= 15 is 0 Å². The summed E-state index contributed by atoms with van der Waals surface area (Å²) in [6, 6.07) is 29.8. The Labute approximate surface area is 270 Å². The van der Waals surface area contributed by atoms with E-state index < -0.39 is 28.5 Å². The number of carbonyl (C=O) groups excluding carboxylic acids is 2. The Morgan fingerprint density at radius 1 is 0.867 bits per heavy atom. The van der Waals surface area contributed by atoms with E-state index in [2.05, 4.69) is 5.32 Å². The molecular weight excluding hydrogens is 610 g/mol. The Bertz CT molecular complexity index is 1670. The Morgan fingerprint density at radius 3 is 2.11 bits per heavy atom. The van der Waals surface area contributed by atoms with Crippen LogP contribution in [0, 0.1) is 0 Å². The molecule has 0 radical (unpaired) electrons. The zero-order valence-electron chi connectivity index (χ0n) is 25.6. The van der Waals surface area contributed by atoms with Crippen LogP contribution in [-0.2, 0) is 32.6 Å². The summed E-state index contributed by atoms with van der Waals surface area (Å²) in [5.41, 5.74) is 1.85. The van der Waals surface area contributed by atoms with Crippen molar-refractivity contribution >= 4 is 39.1 Å². The van der Waals surface area contributed by atoms with Gasteiger partial charge in [0.1, 0.15) is 18.3 Å². The summed E-state index contributed by atoms with van der Waals surface area (Å²) in [5, 5.41) is 3.46. The second-order valence-corrected chi connectivity index (χ2v) is 13.0. The molecule has 0 saturated carbocycles. The van der Waals surface area contributed by atoms with Crippen LogP contribution in [0.4, 0.5) is 5.69 Å². The molecule has 10 heteroatoms. The molecule has 0 saturated heterocycles. The van der Waals surface area contributed by atoms with Gasteiger partial charge >= 0.3 is 0 Å². The number of ether oxygens (including phenoxy) is 1. The fourth-order valence-electron chi connectivity index (χ4n) is 4.82. The van der Waals surface area contributed by atoms with Crippen LogP contribution in [0.2, 0.25) is 5.02 Å². The Balaban J connectivity index is 1.81. The van der Waals surface area contributed by atoms with E-state index in [9.17, 15) is 18.0 Å². The van der Waals surface area contributed by atoms with Crippen LogP contribution in [0.1, 0.15) is 31.4 Å². The monoisotopic (exact) mass is 647 g/mol. The van der Waals surface area contributed by atoms with Crippen molar-refractivity contribution in [1.82, 2.24) is 10.2 Å². The minimum atomic E-state index is -4.18. The predicted molar refractivity (Wildman–Crippen MR) is 178 cm³/mol. The van der Waals surface area contributed by atoms with Gasteiger partial charge in [0.15, 0.2) is 0 Å². The summed E-state index contributed by atoms with van der Waals surface area (Å²) in [6.45, 7) is 3.36. The Morgan fingerprint density at radius 2 is 1.49 bits per heavy atom. The maximum atomic E-state index is 14.5. The lowest BCUT2D eigenvalue weighted by Gasteiger charge is -2.34. The SMILES string of the molecule is CCC(C)NC(=O)C(Cc1ccccc1)N(Cc1cccc(OC)c1)C(=O)CN(c1ccc(Cl)cc1)S(=O)(=O)c1ccccc1. The molecule has 0 aliphatic carbocycles. The van der Waals surface area contributed by atoms with Crippen LogP contribution in [0.25, 0.3) is 0 Å². The predicted octanol–water partition coefficient (Wildman–Crippen LogP) is 6.10. The maximum Gasteiger partial charge on any atom is 0.264 e. The van der Waals surface area contributed by atoms with Crippen molar-refractivity contribution in [3.63, 3.8) is 0 Å². The van der Waals surface area contributed by atoms with E-state index in [4.69, 9.17) is 16.3 Å². The number of amides is 2. The van der Waals surface area contributed by atoms with Crippen molar-refractivity contribution in [1.29, 1.82) is 0 Å². The number of nitrogens with zero attached hydrogens (tertiary/aromatic N) is 2. The molecule has 236 valence electrons. The third kappa shape index (κ3) is 8.86. The van der Waals surface area contributed by atoms with E-state index in [0.717, 1.165) is 15.4 Å². The first-order chi connectivity index (χ1) is 21.6. The van der Waals surface area contributed by atoms with Gasteiger partial charge in [-0.25, -0.2) is 8.42 Å². The zero-order valence-corrected chi connectivity index (χ0v) is 27.2. The van der Waals surface area contributed by atoms with Gasteiger partial charge in [-0.05, 0) is 73.0 Å². The summed E-state index contributed by atoms with van der Waals surface area (Å²) in [4.78, 5) is 29.9. The number of rotatable bonds is 14. The number of hydrogen-bond acceptors (Lipinski definition) is 5. The van der Waals surface area contributed by atoms with Gasteiger partial charge in [0.25, 0.3) is 10.0 Å². The van der Waals surface area contributed by atoms with Gasteiger partial charge in [0.2, 0.25) is 11.8 Å². The summed E-state index contributed by atoms with van der Waals surface area (Å²) in [7, 11) is -2.63. The van der Waals surface area contributed by atoms with E-state index in [0.29, 0.717) is 17.2 Å². The molecule has 4 aromatic carbocycles. The van der Waals surface area contributed by atoms with Crippen LogP contribution in [0.15, 0.2) is 114 Å². The highest BCUT2D eigenvalue weighted by Crippen LogP contribution is 2.26. The molecule has 4 aromatic rings. The van der Waals surface area contributed by atoms with Crippen LogP contribution in [0.5, 0.6) is 5.75 Å². The van der Waals surface area contributed by atoms with Gasteiger partial charge in [-0.3, -0.25) is 13.9 Å². The quantitative estimate of drug-likeness (QED) is 0.179. The minimum Gasteiger partial charge on any atom is -0.497 e. The van der Waals surface area contributed by atoms with E-state index in [1.807, 2.05) is 56.3 Å². The molecule has 2 unspecified atom stereocenters. The largest absolute Gasteiger partial charge is 0.497 e. The van der Waals surface area contributed by atoms with Gasteiger partial charge in [0, 0.05) is 24.0 Å². The van der Waals surface area contributed by atoms with Crippen LogP contribution >= 0.6 is 11.6 Å². The molecule has 0 aliphatic heterocycles. The summed E-state index contributed by atoms with van der Waals surface area (Å²) in [5.74, 6) is -0.279. The number of benzene rings is 4. The molecule has 0 spiro atoms. The van der Waals surface area contributed by atoms with Crippen molar-refractivity contribution in [2.24, 2.45) is 0 Å². The average molecular weight is 648 g/mol. The highest BCUT2D eigenvalue weighted by atomic mass is 35.5. The van der Waals surface area contributed by atoms with Crippen molar-refractivity contribution in [3.05, 3.63) is 125 Å². The molecule has 0 bridgehead atoms. The third-order valence-electron chi connectivity index (χ3n) is 7.48. The number of nitrogens with one attached hydrogen (secondary N) is 1. The zero-order chi connectivity index (χ0) is 32.4. The third-order valence-corrected chi connectivity index (χ3v) is 9.52. The normalized spacial score (nSPS) is 12.5. The second kappa shape index (κ2) is 15.6. The number of carbonyl (C=O) groups is 2. The van der Waals surface area contributed by atoms with Gasteiger partial charge in [0.05, 0.1) is 17.7 Å². The summed E-state index contributed by atoms with van der Waals surface area (Å²) < 4.78 is 34.5. The number of sulfonamides is 1. The highest BCUT2D eigenvalue weighted by molar-refractivity contribution is 7.92. The van der Waals surface area contributed by atoms with E-state index in [-0.39, 0.29) is 35.5 Å². The summed E-state index contributed by atoms with van der Waals surface area (Å²) >= 11 is 6.13. The molecule has 45 heavy (non-hydrogen) atoms. The molecule has 0 aromatic heterocycles. The minimum absolute atomic E-state index is 0.0300. The highest BCUT2D eigenvalue weighted by Gasteiger charge is 2.35. The fraction of sp³-hybridized carbons (Fsp3) is 0.257. The maximum absolute atomic E-state index is 14.5. The number of hydrogen-bond donors (Lipinski definition) is 1. The molecule has 0 aliphatic rings. The molecule has 4 rings (SSSR count). The topological polar surface area (TPSA) is 96.0 Å². The molecule has 0 heterocycles. The standard InChI is InChI=1S/C35H38ClN3O5S/c1-4-26(2)37-35(41)33(23-27-12-7-5-8-13-27)38(24-28-14-11-15-31(22-28)44-3)34(40)25-39(30-20-18-29(36)19-21-30)45(42,43)32-16-9-6-10-17-32/h5-22,26,33H,4,23-25H2,1-3H3,(H,37,41). The molecule has 8 nitrogen and oxygen atoms in total. The van der Waals surface area contributed by atoms with Crippen molar-refractivity contribution in [2.45, 2.75) is 50.2 Å². The lowest BCUT2D eigenvalue weighted by Crippen LogP contribution is -2.54. The van der Waals surface area contributed by atoms with Crippen LogP contribution < -0.4 is 14.4 Å². The van der Waals surface area contributed by atoms with Gasteiger partial charge in [-0.2, -0.15) is 0 Å². The Kier molecular flexibility index (Phi) is 11.6. The number of methoxy groups -OCH3 is 1. The smallest absolute Gasteiger partial charge is 0.264 e. The van der Waals surface area contributed by atoms with Gasteiger partial charge in [-0.15, -0.1) is 0 Å². The van der Waals surface area contributed by atoms with Crippen molar-refractivity contribution < 1.29 is 22.7 Å². The molecule has 0 fully saturated rings. The fourth-order valence-corrected chi connectivity index (χ4v) is 6.38. The van der Waals surface area contributed by atoms with E-state index in [1.54, 1.807) is 61.7 Å².